The van der Waals surface area contributed by atoms with Crippen LogP contribution in [0.1, 0.15) is 33.6 Å². The quantitative estimate of drug-likeness (QED) is 0.532. The monoisotopic (exact) mass is 266 g/mol. The Hall–Kier alpha value is -1.42. The maximum atomic E-state index is 6.04. The Morgan fingerprint density at radius 3 is 2.74 bits per heavy atom. The van der Waals surface area contributed by atoms with Gasteiger partial charge in [-0.25, -0.2) is 0 Å². The van der Waals surface area contributed by atoms with E-state index in [0.29, 0.717) is 18.4 Å². The molecule has 0 spiro atoms. The maximum Gasteiger partial charge on any atom is 0.144 e. The molecule has 3 N–H and O–H groups in total. The average molecular weight is 266 g/mol. The first-order valence-electron chi connectivity index (χ1n) is 7.02. The van der Waals surface area contributed by atoms with Crippen molar-refractivity contribution in [2.75, 3.05) is 30.8 Å². The molecule has 0 saturated heterocycles. The van der Waals surface area contributed by atoms with E-state index in [0.717, 1.165) is 37.4 Å². The fraction of sp³-hybridized carbons (Fsp3) is 0.600. The SMILES string of the molecule is CCOc1cccc(NCCCCOC(C)C)c1N. The van der Waals surface area contributed by atoms with E-state index in [1.165, 1.54) is 0 Å². The number of anilines is 2. The molecule has 0 saturated carbocycles. The molecule has 0 aliphatic heterocycles. The van der Waals surface area contributed by atoms with Crippen molar-refractivity contribution in [2.24, 2.45) is 0 Å². The molecule has 1 aromatic carbocycles. The second kappa shape index (κ2) is 8.64. The lowest BCUT2D eigenvalue weighted by Crippen LogP contribution is -2.08. The number of ether oxygens (including phenoxy) is 2. The van der Waals surface area contributed by atoms with Crippen molar-refractivity contribution in [1.82, 2.24) is 0 Å². The van der Waals surface area contributed by atoms with Crippen LogP contribution in [0.4, 0.5) is 11.4 Å². The molecule has 0 heterocycles. The first kappa shape index (κ1) is 15.6. The minimum atomic E-state index is 0.312. The summed E-state index contributed by atoms with van der Waals surface area (Å²) in [4.78, 5) is 0. The van der Waals surface area contributed by atoms with Gasteiger partial charge in [-0.05, 0) is 45.7 Å². The normalized spacial score (nSPS) is 10.7. The van der Waals surface area contributed by atoms with E-state index in [9.17, 15) is 0 Å². The Balaban J connectivity index is 2.31. The van der Waals surface area contributed by atoms with Crippen molar-refractivity contribution in [3.8, 4) is 5.75 Å². The Morgan fingerprint density at radius 2 is 2.05 bits per heavy atom. The van der Waals surface area contributed by atoms with Gasteiger partial charge in [-0.3, -0.25) is 0 Å². The lowest BCUT2D eigenvalue weighted by molar-refractivity contribution is 0.0765. The van der Waals surface area contributed by atoms with Crippen LogP contribution in [0.15, 0.2) is 18.2 Å². The van der Waals surface area contributed by atoms with Gasteiger partial charge >= 0.3 is 0 Å². The number of nitrogens with one attached hydrogen (secondary N) is 1. The summed E-state index contributed by atoms with van der Waals surface area (Å²) in [5.41, 5.74) is 7.66. The number of benzene rings is 1. The second-order valence-electron chi connectivity index (χ2n) is 4.70. The van der Waals surface area contributed by atoms with Crippen molar-refractivity contribution in [3.05, 3.63) is 18.2 Å². The third-order valence-corrected chi connectivity index (χ3v) is 2.70. The first-order chi connectivity index (χ1) is 9.15. The van der Waals surface area contributed by atoms with E-state index >= 15 is 0 Å². The van der Waals surface area contributed by atoms with Crippen LogP contribution in [0, 0.1) is 0 Å². The highest BCUT2D eigenvalue weighted by Gasteiger charge is 2.04. The summed E-state index contributed by atoms with van der Waals surface area (Å²) in [6, 6.07) is 5.81. The molecule has 0 radical (unpaired) electrons. The largest absolute Gasteiger partial charge is 0.492 e. The zero-order valence-electron chi connectivity index (χ0n) is 12.2. The van der Waals surface area contributed by atoms with Crippen LogP contribution in [0.25, 0.3) is 0 Å². The van der Waals surface area contributed by atoms with Crippen molar-refractivity contribution in [2.45, 2.75) is 39.7 Å². The fourth-order valence-electron chi connectivity index (χ4n) is 1.75. The van der Waals surface area contributed by atoms with E-state index in [1.807, 2.05) is 25.1 Å². The summed E-state index contributed by atoms with van der Waals surface area (Å²) in [5.74, 6) is 0.746. The van der Waals surface area contributed by atoms with E-state index < -0.39 is 0 Å². The van der Waals surface area contributed by atoms with Gasteiger partial charge in [0.05, 0.1) is 24.1 Å². The van der Waals surface area contributed by atoms with Crippen LogP contribution in [0.5, 0.6) is 5.75 Å². The third-order valence-electron chi connectivity index (χ3n) is 2.70. The number of unbranched alkanes of at least 4 members (excludes halogenated alkanes) is 1. The highest BCUT2D eigenvalue weighted by molar-refractivity contribution is 5.72. The van der Waals surface area contributed by atoms with Crippen LogP contribution in [0.3, 0.4) is 0 Å². The minimum absolute atomic E-state index is 0.312. The molecule has 0 fully saturated rings. The van der Waals surface area contributed by atoms with Gasteiger partial charge in [-0.2, -0.15) is 0 Å². The Kier molecular flexibility index (Phi) is 7.11. The average Bonchev–Trinajstić information content (AvgIpc) is 2.37. The lowest BCUT2D eigenvalue weighted by Gasteiger charge is -2.13. The van der Waals surface area contributed by atoms with Crippen molar-refractivity contribution < 1.29 is 9.47 Å². The molecule has 0 atom stereocenters. The van der Waals surface area contributed by atoms with Gasteiger partial charge in [0.2, 0.25) is 0 Å². The smallest absolute Gasteiger partial charge is 0.144 e. The Labute approximate surface area is 116 Å². The minimum Gasteiger partial charge on any atom is -0.492 e. The van der Waals surface area contributed by atoms with E-state index in [4.69, 9.17) is 15.2 Å². The Morgan fingerprint density at radius 1 is 1.26 bits per heavy atom. The fourth-order valence-corrected chi connectivity index (χ4v) is 1.75. The highest BCUT2D eigenvalue weighted by atomic mass is 16.5. The van der Waals surface area contributed by atoms with Crippen molar-refractivity contribution >= 4 is 11.4 Å². The second-order valence-corrected chi connectivity index (χ2v) is 4.70. The zero-order chi connectivity index (χ0) is 14.1. The van der Waals surface area contributed by atoms with Crippen LogP contribution >= 0.6 is 0 Å². The predicted octanol–water partition coefficient (Wildman–Crippen LogP) is 3.28. The number of para-hydroxylation sites is 1. The van der Waals surface area contributed by atoms with E-state index in [2.05, 4.69) is 19.2 Å². The van der Waals surface area contributed by atoms with Gasteiger partial charge in [0, 0.05) is 13.2 Å². The molecule has 4 heteroatoms. The zero-order valence-corrected chi connectivity index (χ0v) is 12.2. The lowest BCUT2D eigenvalue weighted by atomic mass is 10.2. The van der Waals surface area contributed by atoms with Gasteiger partial charge in [-0.1, -0.05) is 6.07 Å². The number of hydrogen-bond acceptors (Lipinski definition) is 4. The summed E-state index contributed by atoms with van der Waals surface area (Å²) in [7, 11) is 0. The van der Waals surface area contributed by atoms with Crippen molar-refractivity contribution in [1.29, 1.82) is 0 Å². The molecule has 0 aliphatic carbocycles. The number of nitrogen functional groups attached to an aromatic ring is 1. The molecule has 0 amide bonds. The molecular formula is C15H26N2O2. The Bertz CT molecular complexity index is 367. The van der Waals surface area contributed by atoms with E-state index in [1.54, 1.807) is 0 Å². The number of nitrogens with two attached hydrogens (primary N) is 1. The molecule has 1 rings (SSSR count). The standard InChI is InChI=1S/C15H26N2O2/c1-4-18-14-9-7-8-13(15(14)16)17-10-5-6-11-19-12(2)3/h7-9,12,17H,4-6,10-11,16H2,1-3H3. The van der Waals surface area contributed by atoms with Crippen LogP contribution < -0.4 is 15.8 Å². The molecular weight excluding hydrogens is 240 g/mol. The summed E-state index contributed by atoms with van der Waals surface area (Å²) in [5, 5.41) is 3.34. The third kappa shape index (κ3) is 5.83. The predicted molar refractivity (Wildman–Crippen MR) is 80.8 cm³/mol. The summed E-state index contributed by atoms with van der Waals surface area (Å²) < 4.78 is 11.0. The van der Waals surface area contributed by atoms with Crippen LogP contribution in [0.2, 0.25) is 0 Å². The summed E-state index contributed by atoms with van der Waals surface area (Å²) in [6.07, 6.45) is 2.42. The van der Waals surface area contributed by atoms with Gasteiger partial charge in [-0.15, -0.1) is 0 Å². The summed E-state index contributed by atoms with van der Waals surface area (Å²) >= 11 is 0. The molecule has 0 bridgehead atoms. The van der Waals surface area contributed by atoms with Gasteiger partial charge in [0.25, 0.3) is 0 Å². The topological polar surface area (TPSA) is 56.5 Å². The van der Waals surface area contributed by atoms with Gasteiger partial charge in [0.1, 0.15) is 5.75 Å². The van der Waals surface area contributed by atoms with Gasteiger partial charge < -0.3 is 20.5 Å². The van der Waals surface area contributed by atoms with E-state index in [-0.39, 0.29) is 0 Å². The molecule has 0 aliphatic rings. The van der Waals surface area contributed by atoms with Crippen LogP contribution in [-0.4, -0.2) is 25.9 Å². The summed E-state index contributed by atoms with van der Waals surface area (Å²) in [6.45, 7) is 8.39. The molecule has 0 unspecified atom stereocenters. The number of hydrogen-bond donors (Lipinski definition) is 2. The van der Waals surface area contributed by atoms with Crippen molar-refractivity contribution in [3.63, 3.8) is 0 Å². The first-order valence-corrected chi connectivity index (χ1v) is 7.02. The van der Waals surface area contributed by atoms with Gasteiger partial charge in [0.15, 0.2) is 0 Å². The maximum absolute atomic E-state index is 6.04. The molecule has 1 aromatic rings. The van der Waals surface area contributed by atoms with Crippen LogP contribution in [-0.2, 0) is 4.74 Å². The molecule has 4 nitrogen and oxygen atoms in total. The molecule has 19 heavy (non-hydrogen) atoms. The number of rotatable bonds is 9. The highest BCUT2D eigenvalue weighted by Crippen LogP contribution is 2.29. The molecule has 0 aromatic heterocycles. The molecule has 108 valence electrons.